The van der Waals surface area contributed by atoms with Crippen LogP contribution in [-0.2, 0) is 6.54 Å². The maximum Gasteiger partial charge on any atom is 0.343 e. The van der Waals surface area contributed by atoms with Gasteiger partial charge in [-0.15, -0.1) is 5.10 Å². The molecule has 0 amide bonds. The molecule has 4 aromatic carbocycles. The summed E-state index contributed by atoms with van der Waals surface area (Å²) in [7, 11) is 0. The lowest BCUT2D eigenvalue weighted by atomic mass is 10.1. The summed E-state index contributed by atoms with van der Waals surface area (Å²) in [5.41, 5.74) is 3.11. The van der Waals surface area contributed by atoms with Crippen molar-refractivity contribution in [1.82, 2.24) is 15.0 Å². The van der Waals surface area contributed by atoms with Crippen LogP contribution in [-0.4, -0.2) is 25.9 Å². The summed E-state index contributed by atoms with van der Waals surface area (Å²) in [6, 6.07) is 27.1. The number of nitro benzene ring substituents is 1. The van der Waals surface area contributed by atoms with Gasteiger partial charge in [-0.25, -0.2) is 9.48 Å². The molecule has 0 fully saturated rings. The lowest BCUT2D eigenvalue weighted by Gasteiger charge is -2.09. The lowest BCUT2D eigenvalue weighted by Crippen LogP contribution is -2.09. The zero-order valence-corrected chi connectivity index (χ0v) is 18.3. The number of aromatic nitrogens is 3. The van der Waals surface area contributed by atoms with E-state index in [0.717, 1.165) is 16.6 Å². The predicted molar refractivity (Wildman–Crippen MR) is 128 cm³/mol. The number of nitrogens with zero attached hydrogens (tertiary/aromatic N) is 4. The Morgan fingerprint density at radius 1 is 0.857 bits per heavy atom. The molecule has 0 unspecified atom stereocenters. The molecule has 0 spiro atoms. The second-order valence-corrected chi connectivity index (χ2v) is 7.65. The first kappa shape index (κ1) is 21.8. The molecule has 0 saturated carbocycles. The number of benzene rings is 4. The van der Waals surface area contributed by atoms with Gasteiger partial charge in [-0.05, 0) is 54.1 Å². The van der Waals surface area contributed by atoms with Gasteiger partial charge in [0.2, 0.25) is 0 Å². The van der Waals surface area contributed by atoms with E-state index in [0.29, 0.717) is 29.4 Å². The lowest BCUT2D eigenvalue weighted by molar-refractivity contribution is -0.384. The number of fused-ring (bicyclic) bond motifs is 1. The fourth-order valence-corrected chi connectivity index (χ4v) is 3.49. The topological polar surface area (TPSA) is 109 Å². The highest BCUT2D eigenvalue weighted by molar-refractivity contribution is 5.91. The standard InChI is InChI=1S/C26H18N4O5/c31-26(19-10-8-18(9-11-19)17-29-25-7-2-1-6-24(25)27-28-29)35-23-5-3-4-22(16-23)34-21-14-12-20(13-15-21)30(32)33/h1-16H,17H2. The molecule has 0 aliphatic rings. The van der Waals surface area contributed by atoms with Crippen LogP contribution in [0.1, 0.15) is 15.9 Å². The third-order valence-electron chi connectivity index (χ3n) is 5.24. The first-order valence-electron chi connectivity index (χ1n) is 10.7. The molecule has 0 aliphatic heterocycles. The van der Waals surface area contributed by atoms with Crippen molar-refractivity contribution >= 4 is 22.7 Å². The Balaban J connectivity index is 1.23. The van der Waals surface area contributed by atoms with Crippen molar-refractivity contribution in [3.8, 4) is 17.2 Å². The van der Waals surface area contributed by atoms with Crippen LogP contribution in [0.3, 0.4) is 0 Å². The molecule has 0 N–H and O–H groups in total. The monoisotopic (exact) mass is 466 g/mol. The molecule has 0 aliphatic carbocycles. The van der Waals surface area contributed by atoms with Crippen LogP contribution in [0.4, 0.5) is 5.69 Å². The van der Waals surface area contributed by atoms with Crippen LogP contribution in [0, 0.1) is 10.1 Å². The van der Waals surface area contributed by atoms with Crippen molar-refractivity contribution in [2.75, 3.05) is 0 Å². The van der Waals surface area contributed by atoms with E-state index in [-0.39, 0.29) is 5.69 Å². The van der Waals surface area contributed by atoms with Gasteiger partial charge < -0.3 is 9.47 Å². The minimum absolute atomic E-state index is 0.0271. The smallest absolute Gasteiger partial charge is 0.343 e. The highest BCUT2D eigenvalue weighted by Gasteiger charge is 2.11. The summed E-state index contributed by atoms with van der Waals surface area (Å²) in [5.74, 6) is 0.664. The van der Waals surface area contributed by atoms with Crippen LogP contribution in [0.25, 0.3) is 11.0 Å². The molecule has 172 valence electrons. The number of hydrogen-bond donors (Lipinski definition) is 0. The van der Waals surface area contributed by atoms with Crippen molar-refractivity contribution < 1.29 is 19.2 Å². The van der Waals surface area contributed by atoms with Crippen LogP contribution >= 0.6 is 0 Å². The summed E-state index contributed by atoms with van der Waals surface area (Å²) < 4.78 is 13.0. The average Bonchev–Trinajstić information content (AvgIpc) is 3.28. The predicted octanol–water partition coefficient (Wildman–Crippen LogP) is 5.40. The molecule has 5 aromatic rings. The van der Waals surface area contributed by atoms with E-state index >= 15 is 0 Å². The van der Waals surface area contributed by atoms with Crippen LogP contribution in [0.15, 0.2) is 97.1 Å². The third kappa shape index (κ3) is 4.98. The van der Waals surface area contributed by atoms with Crippen LogP contribution in [0.2, 0.25) is 0 Å². The van der Waals surface area contributed by atoms with Gasteiger partial charge in [-0.2, -0.15) is 0 Å². The molecule has 9 nitrogen and oxygen atoms in total. The highest BCUT2D eigenvalue weighted by atomic mass is 16.6. The van der Waals surface area contributed by atoms with Gasteiger partial charge in [0, 0.05) is 18.2 Å². The highest BCUT2D eigenvalue weighted by Crippen LogP contribution is 2.27. The van der Waals surface area contributed by atoms with Crippen molar-refractivity contribution in [3.05, 3.63) is 118 Å². The Kier molecular flexibility index (Phi) is 5.87. The normalized spacial score (nSPS) is 10.7. The Labute approximate surface area is 199 Å². The number of carbonyl (C=O) groups excluding carboxylic acids is 1. The van der Waals surface area contributed by atoms with Crippen molar-refractivity contribution in [1.29, 1.82) is 0 Å². The number of para-hydroxylation sites is 1. The number of carbonyl (C=O) groups is 1. The van der Waals surface area contributed by atoms with Gasteiger partial charge in [-0.1, -0.05) is 35.5 Å². The van der Waals surface area contributed by atoms with Gasteiger partial charge in [0.25, 0.3) is 5.69 Å². The zero-order chi connectivity index (χ0) is 24.2. The molecule has 5 rings (SSSR count). The van der Waals surface area contributed by atoms with E-state index in [9.17, 15) is 14.9 Å². The molecule has 1 aromatic heterocycles. The fraction of sp³-hybridized carbons (Fsp3) is 0.0385. The third-order valence-corrected chi connectivity index (χ3v) is 5.24. The van der Waals surface area contributed by atoms with E-state index in [1.807, 2.05) is 36.4 Å². The Bertz CT molecular complexity index is 1510. The number of nitro groups is 1. The molecule has 0 atom stereocenters. The maximum atomic E-state index is 12.6. The Morgan fingerprint density at radius 2 is 1.60 bits per heavy atom. The molecule has 0 radical (unpaired) electrons. The summed E-state index contributed by atoms with van der Waals surface area (Å²) in [6.07, 6.45) is 0. The van der Waals surface area contributed by atoms with Gasteiger partial charge >= 0.3 is 5.97 Å². The van der Waals surface area contributed by atoms with E-state index in [1.165, 1.54) is 24.3 Å². The van der Waals surface area contributed by atoms with Crippen molar-refractivity contribution in [3.63, 3.8) is 0 Å². The summed E-state index contributed by atoms with van der Waals surface area (Å²) >= 11 is 0. The Morgan fingerprint density at radius 3 is 2.37 bits per heavy atom. The fourth-order valence-electron chi connectivity index (χ4n) is 3.49. The van der Waals surface area contributed by atoms with Gasteiger partial charge in [0.1, 0.15) is 22.8 Å². The average molecular weight is 466 g/mol. The maximum absolute atomic E-state index is 12.6. The minimum Gasteiger partial charge on any atom is -0.457 e. The summed E-state index contributed by atoms with van der Waals surface area (Å²) in [4.78, 5) is 22.9. The SMILES string of the molecule is O=C(Oc1cccc(Oc2ccc([N+](=O)[O-])cc2)c1)c1ccc(Cn2nnc3ccccc32)cc1. The number of rotatable bonds is 7. The molecule has 35 heavy (non-hydrogen) atoms. The number of ether oxygens (including phenoxy) is 2. The molecular weight excluding hydrogens is 448 g/mol. The number of non-ortho nitro benzene ring substituents is 1. The van der Waals surface area contributed by atoms with E-state index < -0.39 is 10.9 Å². The molecular formula is C26H18N4O5. The largest absolute Gasteiger partial charge is 0.457 e. The Hall–Kier alpha value is -5.05. The first-order valence-corrected chi connectivity index (χ1v) is 10.7. The first-order chi connectivity index (χ1) is 17.0. The number of esters is 1. The van der Waals surface area contributed by atoms with Crippen LogP contribution in [0.5, 0.6) is 17.2 Å². The molecule has 1 heterocycles. The van der Waals surface area contributed by atoms with Crippen LogP contribution < -0.4 is 9.47 Å². The van der Waals surface area contributed by atoms with Gasteiger partial charge in [0.05, 0.1) is 22.5 Å². The van der Waals surface area contributed by atoms with Crippen molar-refractivity contribution in [2.24, 2.45) is 0 Å². The van der Waals surface area contributed by atoms with E-state index in [2.05, 4.69) is 10.3 Å². The molecule has 0 saturated heterocycles. The van der Waals surface area contributed by atoms with E-state index in [1.54, 1.807) is 41.1 Å². The van der Waals surface area contributed by atoms with Crippen molar-refractivity contribution in [2.45, 2.75) is 6.54 Å². The quantitative estimate of drug-likeness (QED) is 0.137. The second-order valence-electron chi connectivity index (χ2n) is 7.65. The minimum atomic E-state index is -0.504. The molecule has 0 bridgehead atoms. The number of hydrogen-bond acceptors (Lipinski definition) is 7. The summed E-state index contributed by atoms with van der Waals surface area (Å²) in [6.45, 7) is 0.526. The van der Waals surface area contributed by atoms with Gasteiger partial charge in [-0.3, -0.25) is 10.1 Å². The van der Waals surface area contributed by atoms with Gasteiger partial charge in [0.15, 0.2) is 0 Å². The molecule has 9 heteroatoms. The summed E-state index contributed by atoms with van der Waals surface area (Å²) in [5, 5.41) is 19.1. The zero-order valence-electron chi connectivity index (χ0n) is 18.3. The van der Waals surface area contributed by atoms with E-state index in [4.69, 9.17) is 9.47 Å². The second kappa shape index (κ2) is 9.44.